The fraction of sp³-hybridized carbons (Fsp3) is 0.286. The molecule has 1 N–H and O–H groups in total. The van der Waals surface area contributed by atoms with Gasteiger partial charge < -0.3 is 5.32 Å². The van der Waals surface area contributed by atoms with Gasteiger partial charge >= 0.3 is 0 Å². The summed E-state index contributed by atoms with van der Waals surface area (Å²) in [7, 11) is 1.83. The number of hydrogen-bond acceptors (Lipinski definition) is 3. The molecule has 100 valence electrons. The van der Waals surface area contributed by atoms with E-state index in [0.717, 1.165) is 17.5 Å². The quantitative estimate of drug-likeness (QED) is 0.920. The van der Waals surface area contributed by atoms with Crippen molar-refractivity contribution in [3.8, 4) is 0 Å². The SMILES string of the molecule is CNCc1cc(C)nc(Cc2ccc(F)cc2F)n1. The van der Waals surface area contributed by atoms with E-state index in [1.54, 1.807) is 0 Å². The highest BCUT2D eigenvalue weighted by atomic mass is 19.1. The third kappa shape index (κ3) is 3.54. The van der Waals surface area contributed by atoms with E-state index in [-0.39, 0.29) is 6.42 Å². The number of rotatable bonds is 4. The average Bonchev–Trinajstić information content (AvgIpc) is 2.32. The van der Waals surface area contributed by atoms with Crippen molar-refractivity contribution < 1.29 is 8.78 Å². The van der Waals surface area contributed by atoms with Crippen LogP contribution in [0.4, 0.5) is 8.78 Å². The molecule has 0 radical (unpaired) electrons. The van der Waals surface area contributed by atoms with Gasteiger partial charge in [-0.15, -0.1) is 0 Å². The molecule has 1 heterocycles. The third-order valence-electron chi connectivity index (χ3n) is 2.68. The summed E-state index contributed by atoms with van der Waals surface area (Å²) >= 11 is 0. The van der Waals surface area contributed by atoms with E-state index < -0.39 is 11.6 Å². The second-order valence-corrected chi connectivity index (χ2v) is 4.36. The van der Waals surface area contributed by atoms with Gasteiger partial charge in [0.15, 0.2) is 0 Å². The zero-order valence-electron chi connectivity index (χ0n) is 10.9. The standard InChI is InChI=1S/C14H15F2N3/c1-9-5-12(8-17-2)19-14(18-9)6-10-3-4-11(15)7-13(10)16/h3-5,7,17H,6,8H2,1-2H3. The van der Waals surface area contributed by atoms with Gasteiger partial charge in [-0.3, -0.25) is 0 Å². The maximum absolute atomic E-state index is 13.6. The molecule has 0 saturated heterocycles. The first kappa shape index (κ1) is 13.5. The Labute approximate surface area is 110 Å². The molecular formula is C14H15F2N3. The van der Waals surface area contributed by atoms with Crippen LogP contribution in [0, 0.1) is 18.6 Å². The lowest BCUT2D eigenvalue weighted by molar-refractivity contribution is 0.573. The largest absolute Gasteiger partial charge is 0.314 e. The average molecular weight is 263 g/mol. The number of nitrogens with one attached hydrogen (secondary N) is 1. The van der Waals surface area contributed by atoms with Gasteiger partial charge in [-0.1, -0.05) is 6.07 Å². The Hall–Kier alpha value is -1.88. The van der Waals surface area contributed by atoms with E-state index in [0.29, 0.717) is 17.9 Å². The molecule has 0 bridgehead atoms. The Morgan fingerprint density at radius 2 is 1.95 bits per heavy atom. The predicted octanol–water partition coefficient (Wildman–Crippen LogP) is 2.37. The molecule has 0 aliphatic carbocycles. The number of nitrogens with zero attached hydrogens (tertiary/aromatic N) is 2. The minimum absolute atomic E-state index is 0.254. The lowest BCUT2D eigenvalue weighted by Gasteiger charge is -2.06. The normalized spacial score (nSPS) is 10.7. The molecule has 0 spiro atoms. The van der Waals surface area contributed by atoms with Crippen molar-refractivity contribution >= 4 is 0 Å². The van der Waals surface area contributed by atoms with E-state index in [9.17, 15) is 8.78 Å². The Balaban J connectivity index is 2.27. The lowest BCUT2D eigenvalue weighted by atomic mass is 10.1. The maximum Gasteiger partial charge on any atom is 0.133 e. The van der Waals surface area contributed by atoms with Crippen LogP contribution >= 0.6 is 0 Å². The fourth-order valence-corrected chi connectivity index (χ4v) is 1.89. The summed E-state index contributed by atoms with van der Waals surface area (Å²) < 4.78 is 26.4. The molecule has 0 aliphatic rings. The van der Waals surface area contributed by atoms with Crippen LogP contribution in [0.25, 0.3) is 0 Å². The van der Waals surface area contributed by atoms with Crippen LogP contribution in [0.5, 0.6) is 0 Å². The first-order valence-corrected chi connectivity index (χ1v) is 6.00. The second kappa shape index (κ2) is 5.84. The molecule has 0 saturated carbocycles. The van der Waals surface area contributed by atoms with Crippen molar-refractivity contribution in [2.75, 3.05) is 7.05 Å². The van der Waals surface area contributed by atoms with E-state index >= 15 is 0 Å². The van der Waals surface area contributed by atoms with E-state index in [4.69, 9.17) is 0 Å². The van der Waals surface area contributed by atoms with Crippen molar-refractivity contribution in [3.63, 3.8) is 0 Å². The van der Waals surface area contributed by atoms with E-state index in [1.165, 1.54) is 12.1 Å². The first-order chi connectivity index (χ1) is 9.08. The van der Waals surface area contributed by atoms with Crippen molar-refractivity contribution in [3.05, 3.63) is 58.7 Å². The number of aryl methyl sites for hydroxylation is 1. The summed E-state index contributed by atoms with van der Waals surface area (Å²) in [5.74, 6) is -0.613. The molecule has 2 rings (SSSR count). The van der Waals surface area contributed by atoms with Crippen molar-refractivity contribution in [2.45, 2.75) is 19.9 Å². The van der Waals surface area contributed by atoms with Gasteiger partial charge in [0.25, 0.3) is 0 Å². The molecule has 2 aromatic rings. The van der Waals surface area contributed by atoms with Gasteiger partial charge in [0.05, 0.1) is 5.69 Å². The predicted molar refractivity (Wildman–Crippen MR) is 68.7 cm³/mol. The zero-order valence-corrected chi connectivity index (χ0v) is 10.9. The van der Waals surface area contributed by atoms with Gasteiger partial charge in [-0.05, 0) is 31.7 Å². The summed E-state index contributed by atoms with van der Waals surface area (Å²) in [6, 6.07) is 5.41. The van der Waals surface area contributed by atoms with Crippen LogP contribution in [-0.4, -0.2) is 17.0 Å². The fourth-order valence-electron chi connectivity index (χ4n) is 1.89. The van der Waals surface area contributed by atoms with Gasteiger partial charge in [-0.2, -0.15) is 0 Å². The molecule has 0 amide bonds. The van der Waals surface area contributed by atoms with Crippen LogP contribution in [0.1, 0.15) is 22.8 Å². The zero-order chi connectivity index (χ0) is 13.8. The highest BCUT2D eigenvalue weighted by molar-refractivity contribution is 5.23. The number of halogens is 2. The topological polar surface area (TPSA) is 37.8 Å². The first-order valence-electron chi connectivity index (χ1n) is 6.00. The lowest BCUT2D eigenvalue weighted by Crippen LogP contribution is -2.10. The third-order valence-corrected chi connectivity index (χ3v) is 2.68. The van der Waals surface area contributed by atoms with Crippen LogP contribution in [0.15, 0.2) is 24.3 Å². The molecule has 5 heteroatoms. The highest BCUT2D eigenvalue weighted by Crippen LogP contribution is 2.13. The van der Waals surface area contributed by atoms with E-state index in [2.05, 4.69) is 15.3 Å². The van der Waals surface area contributed by atoms with E-state index in [1.807, 2.05) is 20.0 Å². The maximum atomic E-state index is 13.6. The molecule has 1 aromatic heterocycles. The summed E-state index contributed by atoms with van der Waals surface area (Å²) in [4.78, 5) is 8.62. The van der Waals surface area contributed by atoms with Gasteiger partial charge in [-0.25, -0.2) is 18.7 Å². The Kier molecular flexibility index (Phi) is 4.16. The smallest absolute Gasteiger partial charge is 0.133 e. The number of aromatic nitrogens is 2. The van der Waals surface area contributed by atoms with Gasteiger partial charge in [0, 0.05) is 24.7 Å². The Morgan fingerprint density at radius 1 is 1.16 bits per heavy atom. The summed E-state index contributed by atoms with van der Waals surface area (Å²) in [5, 5.41) is 3.01. The molecule has 1 aromatic carbocycles. The molecule has 0 fully saturated rings. The van der Waals surface area contributed by atoms with Crippen LogP contribution in [0.3, 0.4) is 0 Å². The van der Waals surface area contributed by atoms with Crippen LogP contribution in [0.2, 0.25) is 0 Å². The summed E-state index contributed by atoms with van der Waals surface area (Å²) in [5.41, 5.74) is 2.08. The van der Waals surface area contributed by atoms with Crippen molar-refractivity contribution in [2.24, 2.45) is 0 Å². The number of benzene rings is 1. The summed E-state index contributed by atoms with van der Waals surface area (Å²) in [6.45, 7) is 2.49. The molecule has 0 aliphatic heterocycles. The minimum atomic E-state index is -0.581. The van der Waals surface area contributed by atoms with Gasteiger partial charge in [0.2, 0.25) is 0 Å². The molecular weight excluding hydrogens is 248 g/mol. The van der Waals surface area contributed by atoms with Crippen molar-refractivity contribution in [1.29, 1.82) is 0 Å². The highest BCUT2D eigenvalue weighted by Gasteiger charge is 2.08. The van der Waals surface area contributed by atoms with Crippen molar-refractivity contribution in [1.82, 2.24) is 15.3 Å². The molecule has 0 unspecified atom stereocenters. The molecule has 0 atom stereocenters. The molecule has 19 heavy (non-hydrogen) atoms. The number of hydrogen-bond donors (Lipinski definition) is 1. The molecule has 3 nitrogen and oxygen atoms in total. The van der Waals surface area contributed by atoms with Crippen LogP contribution < -0.4 is 5.32 Å². The Morgan fingerprint density at radius 3 is 2.63 bits per heavy atom. The second-order valence-electron chi connectivity index (χ2n) is 4.36. The minimum Gasteiger partial charge on any atom is -0.314 e. The summed E-state index contributed by atoms with van der Waals surface area (Å²) in [6.07, 6.45) is 0.254. The Bertz CT molecular complexity index is 585. The van der Waals surface area contributed by atoms with Crippen LogP contribution in [-0.2, 0) is 13.0 Å². The van der Waals surface area contributed by atoms with Gasteiger partial charge in [0.1, 0.15) is 17.5 Å². The monoisotopic (exact) mass is 263 g/mol.